The van der Waals surface area contributed by atoms with Crippen molar-refractivity contribution in [2.24, 2.45) is 0 Å². The van der Waals surface area contributed by atoms with E-state index in [1.807, 2.05) is 6.07 Å². The maximum atomic E-state index is 10.2. The Labute approximate surface area is 241 Å². The number of hydrogen-bond donors (Lipinski definition) is 2. The number of benzene rings is 3. The molecule has 0 saturated carbocycles. The first kappa shape index (κ1) is 27.3. The Bertz CT molecular complexity index is 1440. The molecule has 5 nitrogen and oxygen atoms in total. The summed E-state index contributed by atoms with van der Waals surface area (Å²) in [6, 6.07) is 21.4. The summed E-state index contributed by atoms with van der Waals surface area (Å²) in [7, 11) is 0. The second-order valence-electron chi connectivity index (χ2n) is 11.4. The number of aliphatic hydroxyl groups excluding tert-OH is 1. The van der Waals surface area contributed by atoms with E-state index in [1.54, 1.807) is 17.4 Å². The molecule has 1 aromatic heterocycles. The third-order valence-electron chi connectivity index (χ3n) is 8.64. The van der Waals surface area contributed by atoms with Gasteiger partial charge in [-0.2, -0.15) is 0 Å². The highest BCUT2D eigenvalue weighted by molar-refractivity contribution is 7.22. The fraction of sp³-hybridized carbons (Fsp3) is 0.412. The minimum Gasteiger partial charge on any atom is -0.508 e. The van der Waals surface area contributed by atoms with E-state index in [-0.39, 0.29) is 12.6 Å². The molecule has 3 aromatic carbocycles. The lowest BCUT2D eigenvalue weighted by Gasteiger charge is -2.23. The molecule has 2 N–H and O–H groups in total. The summed E-state index contributed by atoms with van der Waals surface area (Å²) in [6.07, 6.45) is 5.69. The van der Waals surface area contributed by atoms with Gasteiger partial charge in [0.15, 0.2) is 0 Å². The van der Waals surface area contributed by atoms with E-state index in [0.717, 1.165) is 56.0 Å². The summed E-state index contributed by atoms with van der Waals surface area (Å²) in [5.74, 6) is 1.22. The van der Waals surface area contributed by atoms with Crippen molar-refractivity contribution in [3.05, 3.63) is 82.9 Å². The van der Waals surface area contributed by atoms with Crippen molar-refractivity contribution >= 4 is 21.4 Å². The SMILES string of the molecule is Cc1cc(Cc2c(-c3ccc(OCCN4CCCC4)cc3)sc3cc(O)ccc23)ccc1CN1CCCC1CO. The van der Waals surface area contributed by atoms with Gasteiger partial charge in [-0.3, -0.25) is 9.80 Å². The quantitative estimate of drug-likeness (QED) is 0.230. The van der Waals surface area contributed by atoms with Gasteiger partial charge in [0.25, 0.3) is 0 Å². The monoisotopic (exact) mass is 556 g/mol. The van der Waals surface area contributed by atoms with E-state index >= 15 is 0 Å². The highest BCUT2D eigenvalue weighted by Gasteiger charge is 2.24. The number of hydrogen-bond acceptors (Lipinski definition) is 6. The van der Waals surface area contributed by atoms with Gasteiger partial charge in [0, 0.05) is 28.7 Å². The summed E-state index contributed by atoms with van der Waals surface area (Å²) >= 11 is 1.74. The van der Waals surface area contributed by atoms with Crippen LogP contribution in [0.1, 0.15) is 47.9 Å². The van der Waals surface area contributed by atoms with Crippen molar-refractivity contribution < 1.29 is 14.9 Å². The Balaban J connectivity index is 1.22. The van der Waals surface area contributed by atoms with Crippen LogP contribution in [0.5, 0.6) is 11.5 Å². The molecule has 0 aliphatic carbocycles. The van der Waals surface area contributed by atoms with Crippen LogP contribution >= 0.6 is 11.3 Å². The first-order valence-electron chi connectivity index (χ1n) is 14.7. The first-order chi connectivity index (χ1) is 19.6. The Kier molecular flexibility index (Phi) is 8.40. The lowest BCUT2D eigenvalue weighted by molar-refractivity contribution is 0.153. The van der Waals surface area contributed by atoms with Gasteiger partial charge in [0.05, 0.1) is 6.61 Å². The van der Waals surface area contributed by atoms with Gasteiger partial charge >= 0.3 is 0 Å². The van der Waals surface area contributed by atoms with Crippen molar-refractivity contribution in [1.82, 2.24) is 9.80 Å². The molecule has 0 spiro atoms. The smallest absolute Gasteiger partial charge is 0.119 e. The van der Waals surface area contributed by atoms with Crippen molar-refractivity contribution in [3.63, 3.8) is 0 Å². The first-order valence-corrected chi connectivity index (χ1v) is 15.5. The average Bonchev–Trinajstić information content (AvgIpc) is 3.71. The minimum atomic E-state index is 0.242. The van der Waals surface area contributed by atoms with Crippen molar-refractivity contribution in [2.45, 2.75) is 51.6 Å². The number of rotatable bonds is 10. The third-order valence-corrected chi connectivity index (χ3v) is 9.88. The molecule has 210 valence electrons. The molecule has 4 aromatic rings. The summed E-state index contributed by atoms with van der Waals surface area (Å²) < 4.78 is 7.16. The molecular weight excluding hydrogens is 516 g/mol. The number of phenolic OH excluding ortho intramolecular Hbond substituents is 1. The zero-order valence-corrected chi connectivity index (χ0v) is 24.3. The van der Waals surface area contributed by atoms with Crippen LogP contribution in [0.3, 0.4) is 0 Å². The molecule has 0 radical (unpaired) electrons. The second kappa shape index (κ2) is 12.3. The average molecular weight is 557 g/mol. The number of ether oxygens (including phenoxy) is 1. The van der Waals surface area contributed by atoms with Gasteiger partial charge in [0.2, 0.25) is 0 Å². The highest BCUT2D eigenvalue weighted by Crippen LogP contribution is 2.41. The van der Waals surface area contributed by atoms with E-state index in [4.69, 9.17) is 4.74 Å². The van der Waals surface area contributed by atoms with Crippen LogP contribution in [-0.2, 0) is 13.0 Å². The molecule has 2 aliphatic rings. The maximum absolute atomic E-state index is 10.2. The van der Waals surface area contributed by atoms with E-state index in [0.29, 0.717) is 5.75 Å². The summed E-state index contributed by atoms with van der Waals surface area (Å²) in [5.41, 5.74) is 6.41. The van der Waals surface area contributed by atoms with Gasteiger partial charge in [-0.25, -0.2) is 0 Å². The molecule has 2 saturated heterocycles. The molecule has 40 heavy (non-hydrogen) atoms. The lowest BCUT2D eigenvalue weighted by Crippen LogP contribution is -2.31. The zero-order valence-electron chi connectivity index (χ0n) is 23.4. The number of fused-ring (bicyclic) bond motifs is 1. The standard InChI is InChI=1S/C34H40N2O3S/c1-24-19-25(6-7-27(24)22-36-16-4-5-28(36)23-37)20-32-31-13-10-29(38)21-33(31)40-34(32)26-8-11-30(12-9-26)39-18-17-35-14-2-3-15-35/h6-13,19,21,28,37-38H,2-5,14-18,20,22-23H2,1H3. The van der Waals surface area contributed by atoms with Gasteiger partial charge < -0.3 is 14.9 Å². The van der Waals surface area contributed by atoms with Gasteiger partial charge in [-0.15, -0.1) is 11.3 Å². The van der Waals surface area contributed by atoms with Crippen LogP contribution in [0.25, 0.3) is 20.5 Å². The predicted octanol–water partition coefficient (Wildman–Crippen LogP) is 6.60. The Morgan fingerprint density at radius 3 is 2.55 bits per heavy atom. The number of likely N-dealkylation sites (tertiary alicyclic amines) is 2. The predicted molar refractivity (Wildman–Crippen MR) is 165 cm³/mol. The van der Waals surface area contributed by atoms with Crippen LogP contribution in [0.2, 0.25) is 0 Å². The van der Waals surface area contributed by atoms with Gasteiger partial charge in [-0.1, -0.05) is 18.2 Å². The number of phenols is 1. The maximum Gasteiger partial charge on any atom is 0.119 e. The normalized spacial score (nSPS) is 18.2. The number of aryl methyl sites for hydroxylation is 1. The number of aromatic hydroxyl groups is 1. The fourth-order valence-electron chi connectivity index (χ4n) is 6.33. The van der Waals surface area contributed by atoms with Gasteiger partial charge in [0.1, 0.15) is 18.1 Å². The fourth-order valence-corrected chi connectivity index (χ4v) is 7.59. The molecule has 1 unspecified atom stereocenters. The van der Waals surface area contributed by atoms with Crippen molar-refractivity contribution in [2.75, 3.05) is 39.4 Å². The minimum absolute atomic E-state index is 0.242. The summed E-state index contributed by atoms with van der Waals surface area (Å²) in [5, 5.41) is 21.1. The molecule has 0 amide bonds. The Morgan fingerprint density at radius 1 is 0.950 bits per heavy atom. The summed E-state index contributed by atoms with van der Waals surface area (Å²) in [4.78, 5) is 6.13. The lowest BCUT2D eigenvalue weighted by atomic mass is 9.96. The van der Waals surface area contributed by atoms with Gasteiger partial charge in [-0.05, 0) is 134 Å². The largest absolute Gasteiger partial charge is 0.508 e. The Hall–Kier alpha value is -2.90. The summed E-state index contributed by atoms with van der Waals surface area (Å²) in [6.45, 7) is 8.50. The van der Waals surface area contributed by atoms with Crippen LogP contribution < -0.4 is 4.74 Å². The third kappa shape index (κ3) is 6.06. The van der Waals surface area contributed by atoms with Crippen LogP contribution in [-0.4, -0.2) is 65.4 Å². The molecule has 1 atom stereocenters. The number of thiophene rings is 1. The highest BCUT2D eigenvalue weighted by atomic mass is 32.1. The van der Waals surface area contributed by atoms with Crippen LogP contribution in [0, 0.1) is 6.92 Å². The number of nitrogens with zero attached hydrogens (tertiary/aromatic N) is 2. The van der Waals surface area contributed by atoms with Crippen LogP contribution in [0.4, 0.5) is 0 Å². The van der Waals surface area contributed by atoms with E-state index in [1.165, 1.54) is 64.0 Å². The van der Waals surface area contributed by atoms with E-state index in [9.17, 15) is 10.2 Å². The Morgan fingerprint density at radius 2 is 1.77 bits per heavy atom. The second-order valence-corrected chi connectivity index (χ2v) is 12.5. The number of aliphatic hydroxyl groups is 1. The molecule has 6 rings (SSSR count). The molecular formula is C34H40N2O3S. The molecule has 2 fully saturated rings. The molecule has 6 heteroatoms. The van der Waals surface area contributed by atoms with E-state index in [2.05, 4.69) is 65.3 Å². The van der Waals surface area contributed by atoms with Crippen molar-refractivity contribution in [1.29, 1.82) is 0 Å². The zero-order chi connectivity index (χ0) is 27.5. The molecule has 0 bridgehead atoms. The van der Waals surface area contributed by atoms with E-state index < -0.39 is 0 Å². The molecule has 3 heterocycles. The topological polar surface area (TPSA) is 56.2 Å². The molecule has 2 aliphatic heterocycles. The van der Waals surface area contributed by atoms with Crippen LogP contribution in [0.15, 0.2) is 60.7 Å². The van der Waals surface area contributed by atoms with Crippen molar-refractivity contribution in [3.8, 4) is 21.9 Å².